The molecule has 7 heteroatoms. The van der Waals surface area contributed by atoms with Gasteiger partial charge < -0.3 is 10.1 Å². The fourth-order valence-electron chi connectivity index (χ4n) is 1.49. The molecule has 1 aromatic heterocycles. The molecule has 4 N–H and O–H groups in total. The molecule has 0 bridgehead atoms. The van der Waals surface area contributed by atoms with E-state index < -0.39 is 0 Å². The summed E-state index contributed by atoms with van der Waals surface area (Å²) in [7, 11) is 1.50. The van der Waals surface area contributed by atoms with Crippen LogP contribution in [0.4, 0.5) is 11.9 Å². The maximum absolute atomic E-state index is 5.28. The third-order valence-corrected chi connectivity index (χ3v) is 2.39. The van der Waals surface area contributed by atoms with Crippen LogP contribution in [0.15, 0.2) is 0 Å². The first kappa shape index (κ1) is 13.4. The molecule has 0 radical (unpaired) electrons. The van der Waals surface area contributed by atoms with Crippen LogP contribution in [0.25, 0.3) is 0 Å². The molecule has 0 fully saturated rings. The largest absolute Gasteiger partial charge is 0.467 e. The first-order valence-corrected chi connectivity index (χ1v) is 5.76. The summed E-state index contributed by atoms with van der Waals surface area (Å²) < 4.78 is 4.97. The minimum absolute atomic E-state index is 0.238. The summed E-state index contributed by atoms with van der Waals surface area (Å²) in [6, 6.07) is 0.583. The zero-order valence-corrected chi connectivity index (χ0v) is 10.5. The van der Waals surface area contributed by atoms with Crippen molar-refractivity contribution in [3.8, 4) is 6.01 Å². The third kappa shape index (κ3) is 4.03. The number of nitrogens with one attached hydrogen (secondary N) is 2. The molecule has 0 aliphatic heterocycles. The normalized spacial score (nSPS) is 12.0. The molecule has 0 saturated carbocycles. The van der Waals surface area contributed by atoms with E-state index in [-0.39, 0.29) is 12.0 Å². The van der Waals surface area contributed by atoms with Crippen molar-refractivity contribution in [2.45, 2.75) is 39.2 Å². The van der Waals surface area contributed by atoms with Gasteiger partial charge in [-0.2, -0.15) is 15.0 Å². The number of methoxy groups -OCH3 is 1. The van der Waals surface area contributed by atoms with E-state index in [0.717, 1.165) is 19.3 Å². The van der Waals surface area contributed by atoms with Gasteiger partial charge in [0.1, 0.15) is 0 Å². The predicted molar refractivity (Wildman–Crippen MR) is 66.8 cm³/mol. The summed E-state index contributed by atoms with van der Waals surface area (Å²) in [5.74, 6) is 6.04. The van der Waals surface area contributed by atoms with Crippen LogP contribution < -0.4 is 21.3 Å². The SMILES string of the molecule is CCCC(CC)Nc1nc(NN)nc(OC)n1. The third-order valence-electron chi connectivity index (χ3n) is 2.39. The van der Waals surface area contributed by atoms with Gasteiger partial charge >= 0.3 is 6.01 Å². The summed E-state index contributed by atoms with van der Waals surface area (Å²) in [5.41, 5.74) is 2.38. The van der Waals surface area contributed by atoms with Crippen LogP contribution in [0.3, 0.4) is 0 Å². The molecule has 0 aromatic carbocycles. The molecular formula is C10H20N6O. The first-order chi connectivity index (χ1) is 8.23. The van der Waals surface area contributed by atoms with E-state index in [1.807, 2.05) is 0 Å². The van der Waals surface area contributed by atoms with Gasteiger partial charge in [-0.05, 0) is 12.8 Å². The highest BCUT2D eigenvalue weighted by molar-refractivity contribution is 5.35. The molecule has 1 aromatic rings. The Labute approximate surface area is 101 Å². The van der Waals surface area contributed by atoms with E-state index in [2.05, 4.69) is 39.5 Å². The number of nitrogens with zero attached hydrogens (tertiary/aromatic N) is 3. The molecule has 0 aliphatic rings. The van der Waals surface area contributed by atoms with Gasteiger partial charge in [0.05, 0.1) is 7.11 Å². The van der Waals surface area contributed by atoms with Gasteiger partial charge in [-0.3, -0.25) is 5.43 Å². The van der Waals surface area contributed by atoms with Crippen molar-refractivity contribution in [2.75, 3.05) is 17.9 Å². The number of hydrogen-bond acceptors (Lipinski definition) is 7. The lowest BCUT2D eigenvalue weighted by molar-refractivity contribution is 0.379. The second kappa shape index (κ2) is 6.85. The van der Waals surface area contributed by atoms with Gasteiger partial charge in [-0.25, -0.2) is 5.84 Å². The maximum Gasteiger partial charge on any atom is 0.322 e. The Hall–Kier alpha value is -1.63. The minimum Gasteiger partial charge on any atom is -0.467 e. The minimum atomic E-state index is 0.238. The molecule has 0 spiro atoms. The molecule has 7 nitrogen and oxygen atoms in total. The molecule has 1 atom stereocenters. The molecule has 17 heavy (non-hydrogen) atoms. The summed E-state index contributed by atoms with van der Waals surface area (Å²) >= 11 is 0. The Morgan fingerprint density at radius 3 is 2.47 bits per heavy atom. The lowest BCUT2D eigenvalue weighted by Gasteiger charge is -2.16. The molecular weight excluding hydrogens is 220 g/mol. The molecule has 96 valence electrons. The van der Waals surface area contributed by atoms with Crippen LogP contribution in [0.2, 0.25) is 0 Å². The monoisotopic (exact) mass is 240 g/mol. The van der Waals surface area contributed by atoms with Crippen molar-refractivity contribution in [2.24, 2.45) is 5.84 Å². The number of rotatable bonds is 7. The summed E-state index contributed by atoms with van der Waals surface area (Å²) in [5, 5.41) is 3.24. The maximum atomic E-state index is 5.28. The highest BCUT2D eigenvalue weighted by atomic mass is 16.5. The summed E-state index contributed by atoms with van der Waals surface area (Å²) in [6.45, 7) is 4.26. The zero-order chi connectivity index (χ0) is 12.7. The zero-order valence-electron chi connectivity index (χ0n) is 10.5. The molecule has 0 aliphatic carbocycles. The second-order valence-electron chi connectivity index (χ2n) is 3.65. The Morgan fingerprint density at radius 1 is 1.24 bits per heavy atom. The van der Waals surface area contributed by atoms with Crippen LogP contribution in [0.5, 0.6) is 6.01 Å². The lowest BCUT2D eigenvalue weighted by Crippen LogP contribution is -2.21. The Bertz CT molecular complexity index is 323. The Kier molecular flexibility index (Phi) is 5.41. The topological polar surface area (TPSA) is 98.0 Å². The number of anilines is 2. The van der Waals surface area contributed by atoms with E-state index in [1.54, 1.807) is 0 Å². The van der Waals surface area contributed by atoms with E-state index in [4.69, 9.17) is 10.6 Å². The van der Waals surface area contributed by atoms with E-state index in [9.17, 15) is 0 Å². The second-order valence-corrected chi connectivity index (χ2v) is 3.65. The van der Waals surface area contributed by atoms with Gasteiger partial charge in [0, 0.05) is 6.04 Å². The molecule has 0 saturated heterocycles. The average Bonchev–Trinajstić information content (AvgIpc) is 2.37. The summed E-state index contributed by atoms with van der Waals surface area (Å²) in [4.78, 5) is 12.2. The van der Waals surface area contributed by atoms with E-state index in [0.29, 0.717) is 12.0 Å². The predicted octanol–water partition coefficient (Wildman–Crippen LogP) is 1.16. The highest BCUT2D eigenvalue weighted by Gasteiger charge is 2.10. The van der Waals surface area contributed by atoms with Crippen LogP contribution in [0.1, 0.15) is 33.1 Å². The van der Waals surface area contributed by atoms with Gasteiger partial charge in [0.2, 0.25) is 11.9 Å². The number of hydrogen-bond donors (Lipinski definition) is 3. The quantitative estimate of drug-likeness (QED) is 0.486. The van der Waals surface area contributed by atoms with Crippen molar-refractivity contribution in [1.29, 1.82) is 0 Å². The standard InChI is InChI=1S/C10H20N6O/c1-4-6-7(5-2)12-8-13-9(16-11)15-10(14-8)17-3/h7H,4-6,11H2,1-3H3,(H2,12,13,14,15,16). The number of nitrogens with two attached hydrogens (primary N) is 1. The fraction of sp³-hybridized carbons (Fsp3) is 0.700. The summed E-state index contributed by atoms with van der Waals surface area (Å²) in [6.07, 6.45) is 3.18. The van der Waals surface area contributed by atoms with Gasteiger partial charge in [0.15, 0.2) is 0 Å². The fourth-order valence-corrected chi connectivity index (χ4v) is 1.49. The van der Waals surface area contributed by atoms with Crippen molar-refractivity contribution < 1.29 is 4.74 Å². The Balaban J connectivity index is 2.81. The van der Waals surface area contributed by atoms with Gasteiger partial charge in [0.25, 0.3) is 0 Å². The number of nitrogen functional groups attached to an aromatic ring is 1. The molecule has 0 amide bonds. The van der Waals surface area contributed by atoms with Crippen molar-refractivity contribution in [3.63, 3.8) is 0 Å². The van der Waals surface area contributed by atoms with Crippen molar-refractivity contribution in [3.05, 3.63) is 0 Å². The van der Waals surface area contributed by atoms with Crippen LogP contribution in [-0.4, -0.2) is 28.1 Å². The molecule has 1 unspecified atom stereocenters. The van der Waals surface area contributed by atoms with Crippen LogP contribution in [-0.2, 0) is 0 Å². The smallest absolute Gasteiger partial charge is 0.322 e. The Morgan fingerprint density at radius 2 is 1.94 bits per heavy atom. The van der Waals surface area contributed by atoms with Gasteiger partial charge in [-0.1, -0.05) is 20.3 Å². The van der Waals surface area contributed by atoms with Crippen LogP contribution in [0, 0.1) is 0 Å². The highest BCUT2D eigenvalue weighted by Crippen LogP contribution is 2.13. The van der Waals surface area contributed by atoms with E-state index in [1.165, 1.54) is 7.11 Å². The van der Waals surface area contributed by atoms with Crippen molar-refractivity contribution >= 4 is 11.9 Å². The molecule has 1 rings (SSSR count). The first-order valence-electron chi connectivity index (χ1n) is 5.76. The average molecular weight is 240 g/mol. The number of ether oxygens (including phenoxy) is 1. The lowest BCUT2D eigenvalue weighted by atomic mass is 10.1. The van der Waals surface area contributed by atoms with Crippen LogP contribution >= 0.6 is 0 Å². The van der Waals surface area contributed by atoms with E-state index >= 15 is 0 Å². The number of aromatic nitrogens is 3. The number of hydrazine groups is 1. The van der Waals surface area contributed by atoms with Gasteiger partial charge in [-0.15, -0.1) is 0 Å². The van der Waals surface area contributed by atoms with Crippen molar-refractivity contribution in [1.82, 2.24) is 15.0 Å². The molecule has 1 heterocycles.